The second-order valence-electron chi connectivity index (χ2n) is 8.60. The van der Waals surface area contributed by atoms with Gasteiger partial charge in [-0.15, -0.1) is 0 Å². The van der Waals surface area contributed by atoms with Crippen molar-refractivity contribution in [1.82, 2.24) is 15.0 Å². The molecule has 1 saturated heterocycles. The van der Waals surface area contributed by atoms with Crippen LogP contribution in [0.3, 0.4) is 0 Å². The number of nitrogens with two attached hydrogens (primary N) is 1. The second kappa shape index (κ2) is 9.99. The maximum Gasteiger partial charge on any atom is 0.264 e. The van der Waals surface area contributed by atoms with Crippen molar-refractivity contribution in [1.29, 1.82) is 0 Å². The van der Waals surface area contributed by atoms with Crippen molar-refractivity contribution in [2.45, 2.75) is 24.3 Å². The van der Waals surface area contributed by atoms with Crippen LogP contribution in [0.25, 0.3) is 22.0 Å². The fourth-order valence-electron chi connectivity index (χ4n) is 4.15. The van der Waals surface area contributed by atoms with Gasteiger partial charge < -0.3 is 19.9 Å². The van der Waals surface area contributed by atoms with Crippen molar-refractivity contribution >= 4 is 32.6 Å². The molecule has 198 valence electrons. The Labute approximate surface area is 216 Å². The molecule has 1 aliphatic rings. The molecule has 2 aromatic carbocycles. The Morgan fingerprint density at radius 2 is 1.95 bits per heavy atom. The van der Waals surface area contributed by atoms with Crippen molar-refractivity contribution in [3.63, 3.8) is 0 Å². The van der Waals surface area contributed by atoms with E-state index < -0.39 is 26.6 Å². The lowest BCUT2D eigenvalue weighted by atomic mass is 10.0. The molecule has 1 fully saturated rings. The minimum Gasteiger partial charge on any atom is -0.486 e. The number of aromatic nitrogens is 3. The highest BCUT2D eigenvalue weighted by Gasteiger charge is 2.24. The molecule has 13 heteroatoms. The number of pyridine rings is 1. The number of nitrogen functional groups attached to an aromatic ring is 1. The Hall–Kier alpha value is -4.10. The number of hydrogen-bond acceptors (Lipinski definition) is 9. The summed E-state index contributed by atoms with van der Waals surface area (Å²) in [6.07, 6.45) is 2.03. The third-order valence-electron chi connectivity index (χ3n) is 5.96. The van der Waals surface area contributed by atoms with E-state index >= 15 is 0 Å². The van der Waals surface area contributed by atoms with Crippen molar-refractivity contribution in [2.75, 3.05) is 30.8 Å². The molecule has 0 amide bonds. The monoisotopic (exact) mass is 543 g/mol. The van der Waals surface area contributed by atoms with Gasteiger partial charge in [0.25, 0.3) is 10.0 Å². The molecule has 0 radical (unpaired) electrons. The Balaban J connectivity index is 1.59. The van der Waals surface area contributed by atoms with Crippen LogP contribution in [0.2, 0.25) is 0 Å². The molecule has 1 atom stereocenters. The normalized spacial score (nSPS) is 15.5. The van der Waals surface area contributed by atoms with E-state index in [2.05, 4.69) is 19.7 Å². The summed E-state index contributed by atoms with van der Waals surface area (Å²) in [7, 11) is -3.13. The summed E-state index contributed by atoms with van der Waals surface area (Å²) in [6, 6.07) is 7.22. The Bertz CT molecular complexity index is 1650. The Morgan fingerprint density at radius 3 is 2.66 bits per heavy atom. The highest BCUT2D eigenvalue weighted by Crippen LogP contribution is 2.37. The summed E-state index contributed by atoms with van der Waals surface area (Å²) in [5, 5.41) is 0.678. The van der Waals surface area contributed by atoms with Crippen LogP contribution in [0.4, 0.5) is 20.4 Å². The first-order chi connectivity index (χ1) is 18.1. The van der Waals surface area contributed by atoms with Gasteiger partial charge in [-0.05, 0) is 42.8 Å². The predicted octanol–water partition coefficient (Wildman–Crippen LogP) is 3.84. The lowest BCUT2D eigenvalue weighted by molar-refractivity contribution is 0.142. The summed E-state index contributed by atoms with van der Waals surface area (Å²) >= 11 is 0. The molecule has 5 rings (SSSR count). The van der Waals surface area contributed by atoms with Gasteiger partial charge in [-0.25, -0.2) is 32.2 Å². The number of nitrogens with zero attached hydrogens (tertiary/aromatic N) is 3. The zero-order valence-electron chi connectivity index (χ0n) is 20.4. The SMILES string of the molecule is COc1ncc(-c2cc(O[C@H]3CCOC3)c3nc(N)nc(C)c3c2)cc1NS(=O)(=O)c1ccc(F)cc1F. The molecule has 0 spiro atoms. The molecular formula is C25H23F2N5O5S. The summed E-state index contributed by atoms with van der Waals surface area (Å²) in [5.74, 6) is -1.63. The van der Waals surface area contributed by atoms with Crippen LogP contribution in [0.5, 0.6) is 11.6 Å². The number of halogens is 2. The zero-order valence-corrected chi connectivity index (χ0v) is 21.2. The number of aryl methyl sites for hydroxylation is 1. The van der Waals surface area contributed by atoms with E-state index in [-0.39, 0.29) is 23.6 Å². The molecule has 1 aliphatic heterocycles. The van der Waals surface area contributed by atoms with Crippen molar-refractivity contribution < 1.29 is 31.4 Å². The first-order valence-corrected chi connectivity index (χ1v) is 13.0. The third kappa shape index (κ3) is 5.02. The van der Waals surface area contributed by atoms with E-state index in [0.29, 0.717) is 59.2 Å². The summed E-state index contributed by atoms with van der Waals surface area (Å²) in [5.41, 5.74) is 8.10. The first-order valence-electron chi connectivity index (χ1n) is 11.5. The molecule has 3 N–H and O–H groups in total. The van der Waals surface area contributed by atoms with Gasteiger partial charge in [0, 0.05) is 29.6 Å². The van der Waals surface area contributed by atoms with E-state index in [4.69, 9.17) is 19.9 Å². The van der Waals surface area contributed by atoms with Gasteiger partial charge in [0.2, 0.25) is 11.8 Å². The minimum absolute atomic E-state index is 0.0486. The van der Waals surface area contributed by atoms with E-state index in [1.807, 2.05) is 6.07 Å². The van der Waals surface area contributed by atoms with Crippen molar-refractivity contribution in [3.8, 4) is 22.8 Å². The predicted molar refractivity (Wildman–Crippen MR) is 135 cm³/mol. The molecular weight excluding hydrogens is 520 g/mol. The van der Waals surface area contributed by atoms with Gasteiger partial charge in [0.15, 0.2) is 0 Å². The summed E-state index contributed by atoms with van der Waals surface area (Å²) in [6.45, 7) is 2.80. The van der Waals surface area contributed by atoms with Gasteiger partial charge in [0.05, 0.1) is 26.0 Å². The number of hydrogen-bond donors (Lipinski definition) is 2. The molecule has 0 bridgehead atoms. The zero-order chi connectivity index (χ0) is 27.0. The van der Waals surface area contributed by atoms with Gasteiger partial charge in [-0.2, -0.15) is 0 Å². The topological polar surface area (TPSA) is 139 Å². The lowest BCUT2D eigenvalue weighted by Crippen LogP contribution is -2.16. The van der Waals surface area contributed by atoms with Crippen LogP contribution in [0, 0.1) is 18.6 Å². The smallest absolute Gasteiger partial charge is 0.264 e. The number of rotatable bonds is 7. The van der Waals surface area contributed by atoms with Crippen LogP contribution < -0.4 is 19.9 Å². The number of methoxy groups -OCH3 is 1. The lowest BCUT2D eigenvalue weighted by Gasteiger charge is -2.17. The highest BCUT2D eigenvalue weighted by molar-refractivity contribution is 7.92. The second-order valence-corrected chi connectivity index (χ2v) is 10.3. The molecule has 2 aromatic heterocycles. The van der Waals surface area contributed by atoms with E-state index in [9.17, 15) is 17.2 Å². The third-order valence-corrected chi connectivity index (χ3v) is 7.36. The van der Waals surface area contributed by atoms with Crippen LogP contribution in [0.1, 0.15) is 12.1 Å². The molecule has 38 heavy (non-hydrogen) atoms. The average molecular weight is 544 g/mol. The molecule has 0 aliphatic carbocycles. The van der Waals surface area contributed by atoms with Crippen LogP contribution in [-0.2, 0) is 14.8 Å². The maximum absolute atomic E-state index is 14.3. The van der Waals surface area contributed by atoms with Crippen LogP contribution >= 0.6 is 0 Å². The molecule has 0 unspecified atom stereocenters. The van der Waals surface area contributed by atoms with E-state index in [1.165, 1.54) is 19.4 Å². The molecule has 0 saturated carbocycles. The van der Waals surface area contributed by atoms with E-state index in [0.717, 1.165) is 12.1 Å². The van der Waals surface area contributed by atoms with Gasteiger partial charge >= 0.3 is 0 Å². The number of sulfonamides is 1. The average Bonchev–Trinajstić information content (AvgIpc) is 3.37. The number of benzene rings is 2. The van der Waals surface area contributed by atoms with Crippen molar-refractivity contribution in [3.05, 3.63) is 59.9 Å². The van der Waals surface area contributed by atoms with Crippen LogP contribution in [0.15, 0.2) is 47.5 Å². The minimum atomic E-state index is -4.45. The number of ether oxygens (including phenoxy) is 3. The van der Waals surface area contributed by atoms with Gasteiger partial charge in [-0.3, -0.25) is 4.72 Å². The first kappa shape index (κ1) is 25.5. The molecule has 3 heterocycles. The fraction of sp³-hybridized carbons (Fsp3) is 0.240. The Morgan fingerprint density at radius 1 is 1.13 bits per heavy atom. The summed E-state index contributed by atoms with van der Waals surface area (Å²) in [4.78, 5) is 12.1. The maximum atomic E-state index is 14.3. The largest absolute Gasteiger partial charge is 0.486 e. The summed E-state index contributed by atoms with van der Waals surface area (Å²) < 4.78 is 72.6. The van der Waals surface area contributed by atoms with Crippen LogP contribution in [-0.4, -0.2) is 49.8 Å². The van der Waals surface area contributed by atoms with Gasteiger partial charge in [0.1, 0.15) is 39.6 Å². The van der Waals surface area contributed by atoms with Gasteiger partial charge in [-0.1, -0.05) is 0 Å². The van der Waals surface area contributed by atoms with Crippen molar-refractivity contribution in [2.24, 2.45) is 0 Å². The van der Waals surface area contributed by atoms with E-state index in [1.54, 1.807) is 13.0 Å². The number of anilines is 2. The number of fused-ring (bicyclic) bond motifs is 1. The number of nitrogens with one attached hydrogen (secondary N) is 1. The Kier molecular flexibility index (Phi) is 6.71. The quantitative estimate of drug-likeness (QED) is 0.356. The highest BCUT2D eigenvalue weighted by atomic mass is 32.2. The molecule has 4 aromatic rings. The molecule has 10 nitrogen and oxygen atoms in total. The standard InChI is InChI=1S/C25H23F2N5O5S/c1-13-18-7-14(9-21(23(18)31-25(28)30-13)37-17-5-6-36-12-17)15-8-20(24(35-2)29-11-15)32-38(33,34)22-4-3-16(26)10-19(22)27/h3-4,7-11,17,32H,5-6,12H2,1-2H3,(H2,28,30,31)/t17-/m0/s1. The fourth-order valence-corrected chi connectivity index (χ4v) is 5.26.